The summed E-state index contributed by atoms with van der Waals surface area (Å²) >= 11 is 1.11. The number of carbonyl (C=O) groups is 2. The van der Waals surface area contributed by atoms with Crippen molar-refractivity contribution in [2.24, 2.45) is 0 Å². The lowest BCUT2D eigenvalue weighted by molar-refractivity contribution is -0.119. The van der Waals surface area contributed by atoms with Crippen LogP contribution in [0.25, 0.3) is 0 Å². The number of amides is 2. The molecule has 1 saturated heterocycles. The highest BCUT2D eigenvalue weighted by molar-refractivity contribution is 8.15. The number of benzene rings is 2. The Bertz CT molecular complexity index is 746. The lowest BCUT2D eigenvalue weighted by Crippen LogP contribution is -2.24. The standard InChI is InChI=1S/C21H23NO3S/c23-19(16-8-4-2-5-9-16)17-13-11-15(12-14-17)7-3-1-6-10-18-20(24)22-21(25)26-18/h2,4-5,8-9,11-14,18-19,23H,1,3,6-7,10H2,(H,22,24,25). The lowest BCUT2D eigenvalue weighted by Gasteiger charge is -2.12. The van der Waals surface area contributed by atoms with Crippen molar-refractivity contribution in [1.29, 1.82) is 0 Å². The summed E-state index contributed by atoms with van der Waals surface area (Å²) in [7, 11) is 0. The van der Waals surface area contributed by atoms with Gasteiger partial charge in [-0.2, -0.15) is 0 Å². The molecular weight excluding hydrogens is 346 g/mol. The van der Waals surface area contributed by atoms with Crippen molar-refractivity contribution in [2.75, 3.05) is 0 Å². The zero-order chi connectivity index (χ0) is 18.4. The summed E-state index contributed by atoms with van der Waals surface area (Å²) in [6.07, 6.45) is 4.17. The maximum Gasteiger partial charge on any atom is 0.286 e. The molecule has 1 aliphatic rings. The van der Waals surface area contributed by atoms with Crippen LogP contribution in [0.15, 0.2) is 54.6 Å². The third-order valence-electron chi connectivity index (χ3n) is 4.61. The number of thioether (sulfide) groups is 1. The molecule has 0 bridgehead atoms. The molecule has 2 N–H and O–H groups in total. The molecule has 136 valence electrons. The SMILES string of the molecule is O=C1NC(=O)C(CCCCCc2ccc(C(O)c3ccccc3)cc2)S1. The van der Waals surface area contributed by atoms with Crippen LogP contribution in [0.2, 0.25) is 0 Å². The van der Waals surface area contributed by atoms with E-state index >= 15 is 0 Å². The van der Waals surface area contributed by atoms with Crippen LogP contribution in [0.4, 0.5) is 4.79 Å². The maximum atomic E-state index is 11.5. The number of aliphatic hydroxyl groups is 1. The van der Waals surface area contributed by atoms with Gasteiger partial charge in [0.15, 0.2) is 0 Å². The Morgan fingerprint density at radius 2 is 1.62 bits per heavy atom. The number of aryl methyl sites for hydroxylation is 1. The average molecular weight is 369 g/mol. The second-order valence-corrected chi connectivity index (χ2v) is 7.71. The normalized spacial score (nSPS) is 18.0. The second kappa shape index (κ2) is 9.01. The first kappa shape index (κ1) is 18.7. The van der Waals surface area contributed by atoms with E-state index in [-0.39, 0.29) is 16.4 Å². The van der Waals surface area contributed by atoms with E-state index in [2.05, 4.69) is 17.4 Å². The van der Waals surface area contributed by atoms with E-state index < -0.39 is 6.10 Å². The number of aliphatic hydroxyl groups excluding tert-OH is 1. The van der Waals surface area contributed by atoms with Crippen LogP contribution in [-0.2, 0) is 11.2 Å². The Labute approximate surface area is 158 Å². The average Bonchev–Trinajstić information content (AvgIpc) is 2.99. The fraction of sp³-hybridized carbons (Fsp3) is 0.333. The summed E-state index contributed by atoms with van der Waals surface area (Å²) in [6.45, 7) is 0. The highest BCUT2D eigenvalue weighted by atomic mass is 32.2. The Balaban J connectivity index is 1.40. The van der Waals surface area contributed by atoms with Crippen LogP contribution in [0.3, 0.4) is 0 Å². The molecule has 0 spiro atoms. The number of carbonyl (C=O) groups excluding carboxylic acids is 2. The summed E-state index contributed by atoms with van der Waals surface area (Å²) in [5.74, 6) is -0.146. The van der Waals surface area contributed by atoms with Crippen molar-refractivity contribution in [2.45, 2.75) is 43.5 Å². The third-order valence-corrected chi connectivity index (χ3v) is 5.66. The molecule has 1 heterocycles. The Morgan fingerprint density at radius 1 is 0.923 bits per heavy atom. The molecule has 5 heteroatoms. The smallest absolute Gasteiger partial charge is 0.286 e. The van der Waals surface area contributed by atoms with Crippen LogP contribution < -0.4 is 5.32 Å². The second-order valence-electron chi connectivity index (χ2n) is 6.54. The van der Waals surface area contributed by atoms with E-state index in [0.717, 1.165) is 55.0 Å². The molecule has 1 aliphatic heterocycles. The van der Waals surface area contributed by atoms with E-state index in [4.69, 9.17) is 0 Å². The first-order valence-corrected chi connectivity index (χ1v) is 9.85. The zero-order valence-corrected chi connectivity index (χ0v) is 15.4. The minimum atomic E-state index is -0.594. The predicted octanol–water partition coefficient (Wildman–Crippen LogP) is 4.22. The molecular formula is C21H23NO3S. The van der Waals surface area contributed by atoms with Crippen molar-refractivity contribution in [3.63, 3.8) is 0 Å². The summed E-state index contributed by atoms with van der Waals surface area (Å²) in [4.78, 5) is 22.6. The van der Waals surface area contributed by atoms with Gasteiger partial charge in [0.05, 0.1) is 5.25 Å². The summed E-state index contributed by atoms with van der Waals surface area (Å²) in [6, 6.07) is 17.8. The van der Waals surface area contributed by atoms with E-state index in [9.17, 15) is 14.7 Å². The molecule has 2 atom stereocenters. The Hall–Kier alpha value is -2.11. The quantitative estimate of drug-likeness (QED) is 0.684. The van der Waals surface area contributed by atoms with Crippen molar-refractivity contribution >= 4 is 22.9 Å². The van der Waals surface area contributed by atoms with Crippen molar-refractivity contribution in [3.8, 4) is 0 Å². The van der Waals surface area contributed by atoms with Gasteiger partial charge in [-0.15, -0.1) is 0 Å². The molecule has 1 fully saturated rings. The first-order chi connectivity index (χ1) is 12.6. The van der Waals surface area contributed by atoms with E-state index in [1.807, 2.05) is 42.5 Å². The summed E-state index contributed by atoms with van der Waals surface area (Å²) < 4.78 is 0. The molecule has 3 rings (SSSR count). The van der Waals surface area contributed by atoms with Crippen LogP contribution in [0, 0.1) is 0 Å². The minimum absolute atomic E-state index is 0.146. The van der Waals surface area contributed by atoms with Gasteiger partial charge in [-0.3, -0.25) is 14.9 Å². The largest absolute Gasteiger partial charge is 0.384 e. The molecule has 0 aromatic heterocycles. The first-order valence-electron chi connectivity index (χ1n) is 8.97. The summed E-state index contributed by atoms with van der Waals surface area (Å²) in [5.41, 5.74) is 3.04. The molecule has 26 heavy (non-hydrogen) atoms. The van der Waals surface area contributed by atoms with Gasteiger partial charge in [0.25, 0.3) is 5.24 Å². The molecule has 0 radical (unpaired) electrons. The molecule has 2 amide bonds. The van der Waals surface area contributed by atoms with Gasteiger partial charge >= 0.3 is 0 Å². The molecule has 2 aromatic rings. The van der Waals surface area contributed by atoms with Gasteiger partial charge in [0.1, 0.15) is 6.10 Å². The highest BCUT2D eigenvalue weighted by Crippen LogP contribution is 2.25. The van der Waals surface area contributed by atoms with E-state index in [0.29, 0.717) is 0 Å². The molecule has 4 nitrogen and oxygen atoms in total. The van der Waals surface area contributed by atoms with Crippen LogP contribution in [0.5, 0.6) is 0 Å². The Morgan fingerprint density at radius 3 is 2.27 bits per heavy atom. The van der Waals surface area contributed by atoms with E-state index in [1.165, 1.54) is 5.56 Å². The number of hydrogen-bond acceptors (Lipinski definition) is 4. The van der Waals surface area contributed by atoms with Crippen LogP contribution in [0.1, 0.15) is 48.5 Å². The van der Waals surface area contributed by atoms with Crippen molar-refractivity contribution < 1.29 is 14.7 Å². The monoisotopic (exact) mass is 369 g/mol. The number of nitrogens with one attached hydrogen (secondary N) is 1. The molecule has 2 aromatic carbocycles. The number of rotatable bonds is 8. The van der Waals surface area contributed by atoms with Gasteiger partial charge in [0, 0.05) is 0 Å². The van der Waals surface area contributed by atoms with Crippen LogP contribution >= 0.6 is 11.8 Å². The summed E-state index contributed by atoms with van der Waals surface area (Å²) in [5, 5.41) is 12.3. The van der Waals surface area contributed by atoms with Crippen molar-refractivity contribution in [1.82, 2.24) is 5.32 Å². The van der Waals surface area contributed by atoms with Crippen LogP contribution in [-0.4, -0.2) is 21.5 Å². The van der Waals surface area contributed by atoms with Gasteiger partial charge in [-0.25, -0.2) is 0 Å². The topological polar surface area (TPSA) is 66.4 Å². The molecule has 0 aliphatic carbocycles. The van der Waals surface area contributed by atoms with Crippen molar-refractivity contribution in [3.05, 3.63) is 71.3 Å². The Kier molecular flexibility index (Phi) is 6.47. The van der Waals surface area contributed by atoms with Gasteiger partial charge in [0.2, 0.25) is 5.91 Å². The maximum absolute atomic E-state index is 11.5. The minimum Gasteiger partial charge on any atom is -0.384 e. The predicted molar refractivity (Wildman–Crippen MR) is 104 cm³/mol. The molecule has 0 saturated carbocycles. The van der Waals surface area contributed by atoms with Gasteiger partial charge < -0.3 is 5.11 Å². The fourth-order valence-corrected chi connectivity index (χ4v) is 3.98. The number of imide groups is 1. The molecule has 2 unspecified atom stereocenters. The zero-order valence-electron chi connectivity index (χ0n) is 14.6. The fourth-order valence-electron chi connectivity index (χ4n) is 3.11. The number of unbranched alkanes of at least 4 members (excludes halogenated alkanes) is 2. The van der Waals surface area contributed by atoms with E-state index in [1.54, 1.807) is 0 Å². The van der Waals surface area contributed by atoms with Gasteiger partial charge in [-0.1, -0.05) is 79.2 Å². The van der Waals surface area contributed by atoms with Gasteiger partial charge in [-0.05, 0) is 36.0 Å². The highest BCUT2D eigenvalue weighted by Gasteiger charge is 2.30. The lowest BCUT2D eigenvalue weighted by atomic mass is 9.99. The third kappa shape index (κ3) is 4.96. The number of hydrogen-bond donors (Lipinski definition) is 2.